The molecule has 36 heavy (non-hydrogen) atoms. The van der Waals surface area contributed by atoms with Gasteiger partial charge in [0.2, 0.25) is 17.1 Å². The number of rotatable bonds is 9. The van der Waals surface area contributed by atoms with Crippen molar-refractivity contribution in [1.82, 2.24) is 9.88 Å². The van der Waals surface area contributed by atoms with E-state index >= 15 is 0 Å². The summed E-state index contributed by atoms with van der Waals surface area (Å²) in [4.78, 5) is 30.7. The van der Waals surface area contributed by atoms with Crippen molar-refractivity contribution in [1.29, 1.82) is 0 Å². The van der Waals surface area contributed by atoms with Gasteiger partial charge in [0.25, 0.3) is 0 Å². The molecule has 1 aliphatic heterocycles. The van der Waals surface area contributed by atoms with E-state index in [0.29, 0.717) is 49.4 Å². The van der Waals surface area contributed by atoms with Crippen LogP contribution in [-0.4, -0.2) is 48.7 Å². The molecular weight excluding hydrogens is 479 g/mol. The third-order valence-corrected chi connectivity index (χ3v) is 5.74. The lowest BCUT2D eigenvalue weighted by molar-refractivity contribution is -0.137. The highest BCUT2D eigenvalue weighted by Crippen LogP contribution is 2.32. The summed E-state index contributed by atoms with van der Waals surface area (Å²) in [5.74, 6) is 0.394. The molecule has 0 aliphatic carbocycles. The molecule has 1 aromatic carbocycles. The average molecular weight is 505 g/mol. The van der Waals surface area contributed by atoms with Gasteiger partial charge >= 0.3 is 6.18 Å². The average Bonchev–Trinajstić information content (AvgIpc) is 2.85. The van der Waals surface area contributed by atoms with Gasteiger partial charge < -0.3 is 19.2 Å². The zero-order valence-electron chi connectivity index (χ0n) is 19.5. The molecule has 11 heteroatoms. The van der Waals surface area contributed by atoms with E-state index in [1.807, 2.05) is 0 Å². The first-order valence-electron chi connectivity index (χ1n) is 11.6. The second kappa shape index (κ2) is 11.5. The van der Waals surface area contributed by atoms with Gasteiger partial charge in [0.05, 0.1) is 43.1 Å². The lowest BCUT2D eigenvalue weighted by Crippen LogP contribution is -2.35. The van der Waals surface area contributed by atoms with Crippen LogP contribution < -0.4 is 15.5 Å². The largest absolute Gasteiger partial charge is 0.487 e. The number of ether oxygens (including phenoxy) is 2. The maximum atomic E-state index is 12.9. The number of pyridine rings is 1. The molecule has 8 nitrogen and oxygen atoms in total. The van der Waals surface area contributed by atoms with Gasteiger partial charge in [0.1, 0.15) is 12.0 Å². The molecule has 3 heterocycles. The van der Waals surface area contributed by atoms with Gasteiger partial charge in [-0.1, -0.05) is 6.07 Å². The molecule has 0 radical (unpaired) electrons. The highest BCUT2D eigenvalue weighted by Gasteiger charge is 2.30. The number of anilines is 1. The molecule has 0 unspecified atom stereocenters. The predicted octanol–water partition coefficient (Wildman–Crippen LogP) is 4.23. The minimum absolute atomic E-state index is 0.117. The fourth-order valence-corrected chi connectivity index (χ4v) is 3.82. The highest BCUT2D eigenvalue weighted by atomic mass is 19.4. The Balaban J connectivity index is 1.22. The van der Waals surface area contributed by atoms with Crippen molar-refractivity contribution in [3.8, 4) is 5.75 Å². The van der Waals surface area contributed by atoms with Crippen molar-refractivity contribution in [2.45, 2.75) is 32.0 Å². The van der Waals surface area contributed by atoms with E-state index in [0.717, 1.165) is 25.2 Å². The molecule has 1 saturated heterocycles. The van der Waals surface area contributed by atoms with Crippen molar-refractivity contribution in [3.63, 3.8) is 0 Å². The number of carbonyl (C=O) groups is 1. The molecule has 0 spiro atoms. The quantitative estimate of drug-likeness (QED) is 0.435. The number of hydrogen-bond acceptors (Lipinski definition) is 7. The van der Waals surface area contributed by atoms with E-state index in [-0.39, 0.29) is 35.6 Å². The van der Waals surface area contributed by atoms with Crippen LogP contribution in [0.4, 0.5) is 18.9 Å². The number of unbranched alkanes of at least 4 members (excludes halogenated alkanes) is 1. The van der Waals surface area contributed by atoms with E-state index in [1.54, 1.807) is 6.07 Å². The highest BCUT2D eigenvalue weighted by molar-refractivity contribution is 6.00. The number of carbonyl (C=O) groups excluding carboxylic acids is 1. The predicted molar refractivity (Wildman–Crippen MR) is 126 cm³/mol. The fraction of sp³-hybridized carbons (Fsp3) is 0.400. The number of nitrogens with zero attached hydrogens (tertiary/aromatic N) is 2. The molecule has 1 fully saturated rings. The number of alkyl halides is 3. The smallest absolute Gasteiger partial charge is 0.416 e. The van der Waals surface area contributed by atoms with Gasteiger partial charge in [-0.25, -0.2) is 0 Å². The van der Waals surface area contributed by atoms with Crippen LogP contribution in [-0.2, 0) is 22.3 Å². The first kappa shape index (κ1) is 25.6. The Hall–Kier alpha value is -3.44. The van der Waals surface area contributed by atoms with Crippen molar-refractivity contribution in [3.05, 3.63) is 64.3 Å². The number of amides is 1. The van der Waals surface area contributed by atoms with Gasteiger partial charge in [-0.2, -0.15) is 13.2 Å². The van der Waals surface area contributed by atoms with E-state index in [4.69, 9.17) is 13.9 Å². The van der Waals surface area contributed by atoms with Gasteiger partial charge in [0, 0.05) is 37.2 Å². The Morgan fingerprint density at radius 1 is 1.14 bits per heavy atom. The summed E-state index contributed by atoms with van der Waals surface area (Å²) in [6.45, 7) is 3.65. The second-order valence-corrected chi connectivity index (χ2v) is 8.41. The van der Waals surface area contributed by atoms with Crippen molar-refractivity contribution >= 4 is 22.5 Å². The zero-order chi connectivity index (χ0) is 25.5. The monoisotopic (exact) mass is 505 g/mol. The Bertz CT molecular complexity index is 1260. The lowest BCUT2D eigenvalue weighted by atomic mass is 10.1. The third-order valence-electron chi connectivity index (χ3n) is 5.74. The van der Waals surface area contributed by atoms with Crippen LogP contribution in [0.3, 0.4) is 0 Å². The molecule has 0 bridgehead atoms. The standard InChI is InChI=1S/C25H26F3N3O5/c26-25(27,28)17-4-5-19-20(6-7-29-21(19)13-17)30-24(33)3-1-2-10-35-23-16-36-18(14-22(23)32)15-31-8-11-34-12-9-31/h4-7,13-14,16H,1-3,8-12,15H2,(H,29,30,33). The van der Waals surface area contributed by atoms with Gasteiger partial charge in [-0.3, -0.25) is 19.5 Å². The second-order valence-electron chi connectivity index (χ2n) is 8.41. The van der Waals surface area contributed by atoms with Gasteiger partial charge in [-0.15, -0.1) is 0 Å². The minimum Gasteiger partial charge on any atom is -0.487 e. The molecule has 1 amide bonds. The molecular formula is C25H26F3N3O5. The summed E-state index contributed by atoms with van der Waals surface area (Å²) >= 11 is 0. The topological polar surface area (TPSA) is 93.9 Å². The van der Waals surface area contributed by atoms with Crippen LogP contribution in [0.5, 0.6) is 5.75 Å². The molecule has 4 rings (SSSR count). The first-order valence-corrected chi connectivity index (χ1v) is 11.6. The Kier molecular flexibility index (Phi) is 8.21. The van der Waals surface area contributed by atoms with Crippen molar-refractivity contribution < 1.29 is 31.9 Å². The van der Waals surface area contributed by atoms with Crippen LogP contribution in [0.2, 0.25) is 0 Å². The molecule has 1 aliphatic rings. The van der Waals surface area contributed by atoms with E-state index in [2.05, 4.69) is 15.2 Å². The third kappa shape index (κ3) is 6.82. The number of nitrogens with one attached hydrogen (secondary N) is 1. The summed E-state index contributed by atoms with van der Waals surface area (Å²) in [6.07, 6.45) is -0.612. The molecule has 192 valence electrons. The molecule has 0 saturated carbocycles. The number of benzene rings is 1. The Morgan fingerprint density at radius 2 is 1.94 bits per heavy atom. The number of hydrogen-bond donors (Lipinski definition) is 1. The summed E-state index contributed by atoms with van der Waals surface area (Å²) in [6, 6.07) is 6.18. The Labute approximate surface area is 205 Å². The lowest BCUT2D eigenvalue weighted by Gasteiger charge is -2.25. The maximum absolute atomic E-state index is 12.9. The van der Waals surface area contributed by atoms with E-state index in [1.165, 1.54) is 24.6 Å². The SMILES string of the molecule is O=C(CCCCOc1coc(CN2CCOCC2)cc1=O)Nc1ccnc2cc(C(F)(F)F)ccc12. The zero-order valence-corrected chi connectivity index (χ0v) is 19.5. The molecule has 2 aromatic heterocycles. The Morgan fingerprint density at radius 3 is 2.69 bits per heavy atom. The summed E-state index contributed by atoms with van der Waals surface area (Å²) in [7, 11) is 0. The van der Waals surface area contributed by atoms with Crippen LogP contribution in [0, 0.1) is 0 Å². The van der Waals surface area contributed by atoms with Crippen LogP contribution in [0.25, 0.3) is 10.9 Å². The number of halogens is 3. The maximum Gasteiger partial charge on any atom is 0.416 e. The van der Waals surface area contributed by atoms with Gasteiger partial charge in [0.15, 0.2) is 0 Å². The summed E-state index contributed by atoms with van der Waals surface area (Å²) in [5, 5.41) is 3.14. The normalized spacial score (nSPS) is 14.6. The first-order chi connectivity index (χ1) is 17.3. The molecule has 3 aromatic rings. The van der Waals surface area contributed by atoms with Crippen molar-refractivity contribution in [2.75, 3.05) is 38.2 Å². The molecule has 1 N–H and O–H groups in total. The summed E-state index contributed by atoms with van der Waals surface area (Å²) in [5.41, 5.74) is -0.525. The van der Waals surface area contributed by atoms with Crippen LogP contribution >= 0.6 is 0 Å². The number of morpholine rings is 1. The number of aromatic nitrogens is 1. The van der Waals surface area contributed by atoms with Crippen molar-refractivity contribution in [2.24, 2.45) is 0 Å². The molecule has 0 atom stereocenters. The minimum atomic E-state index is -4.47. The van der Waals surface area contributed by atoms with Gasteiger partial charge in [-0.05, 0) is 31.0 Å². The van der Waals surface area contributed by atoms with Crippen LogP contribution in [0.15, 0.2) is 52.0 Å². The number of fused-ring (bicyclic) bond motifs is 1. The van der Waals surface area contributed by atoms with E-state index in [9.17, 15) is 22.8 Å². The fourth-order valence-electron chi connectivity index (χ4n) is 3.82. The van der Waals surface area contributed by atoms with E-state index < -0.39 is 11.7 Å². The van der Waals surface area contributed by atoms with Crippen LogP contribution in [0.1, 0.15) is 30.6 Å². The summed E-state index contributed by atoms with van der Waals surface area (Å²) < 4.78 is 55.1.